The molecule has 0 bridgehead atoms. The summed E-state index contributed by atoms with van der Waals surface area (Å²) in [5, 5.41) is 8.88. The maximum Gasteiger partial charge on any atom is 0.342 e. The molecule has 0 radical (unpaired) electrons. The standard InChI is InChI=1S/C10H12N2O3/c13-10(14)8-5-11-6-12-9(8)15-7-3-1-2-4-7/h5-7H,1-4H2,(H,13,14). The Morgan fingerprint density at radius 2 is 2.20 bits per heavy atom. The maximum absolute atomic E-state index is 10.8. The summed E-state index contributed by atoms with van der Waals surface area (Å²) >= 11 is 0. The van der Waals surface area contributed by atoms with Gasteiger partial charge in [-0.1, -0.05) is 0 Å². The predicted octanol–water partition coefficient (Wildman–Crippen LogP) is 1.50. The molecule has 5 heteroatoms. The molecule has 1 aliphatic carbocycles. The minimum absolute atomic E-state index is 0.0319. The number of carboxylic acids is 1. The van der Waals surface area contributed by atoms with Crippen molar-refractivity contribution >= 4 is 5.97 Å². The van der Waals surface area contributed by atoms with Crippen molar-refractivity contribution in [2.75, 3.05) is 0 Å². The molecule has 0 saturated heterocycles. The Hall–Kier alpha value is -1.65. The maximum atomic E-state index is 10.8. The number of rotatable bonds is 3. The lowest BCUT2D eigenvalue weighted by molar-refractivity contribution is 0.0687. The Morgan fingerprint density at radius 3 is 2.87 bits per heavy atom. The number of hydrogen-bond donors (Lipinski definition) is 1. The highest BCUT2D eigenvalue weighted by Crippen LogP contribution is 2.24. The van der Waals surface area contributed by atoms with Gasteiger partial charge in [0.05, 0.1) is 0 Å². The summed E-state index contributed by atoms with van der Waals surface area (Å²) in [4.78, 5) is 18.4. The third kappa shape index (κ3) is 2.23. The van der Waals surface area contributed by atoms with Gasteiger partial charge in [-0.05, 0) is 25.7 Å². The minimum Gasteiger partial charge on any atom is -0.477 e. The molecule has 0 aromatic carbocycles. The van der Waals surface area contributed by atoms with Gasteiger partial charge in [0.25, 0.3) is 0 Å². The SMILES string of the molecule is O=C(O)c1cncnc1OC1CCCC1. The van der Waals surface area contributed by atoms with Crippen LogP contribution in [-0.2, 0) is 0 Å². The van der Waals surface area contributed by atoms with E-state index in [4.69, 9.17) is 9.84 Å². The molecule has 0 atom stereocenters. The second kappa shape index (κ2) is 4.25. The van der Waals surface area contributed by atoms with Crippen LogP contribution in [0.3, 0.4) is 0 Å². The van der Waals surface area contributed by atoms with E-state index in [2.05, 4.69) is 9.97 Å². The van der Waals surface area contributed by atoms with Crippen molar-refractivity contribution in [2.45, 2.75) is 31.8 Å². The Morgan fingerprint density at radius 1 is 1.47 bits per heavy atom. The van der Waals surface area contributed by atoms with Crippen LogP contribution in [0.25, 0.3) is 0 Å². The lowest BCUT2D eigenvalue weighted by atomic mass is 10.3. The van der Waals surface area contributed by atoms with Gasteiger partial charge in [-0.3, -0.25) is 0 Å². The van der Waals surface area contributed by atoms with Crippen LogP contribution in [0, 0.1) is 0 Å². The number of carbonyl (C=O) groups is 1. The van der Waals surface area contributed by atoms with E-state index < -0.39 is 5.97 Å². The van der Waals surface area contributed by atoms with E-state index in [1.54, 1.807) is 0 Å². The molecule has 5 nitrogen and oxygen atoms in total. The molecule has 1 aromatic rings. The molecular formula is C10H12N2O3. The molecule has 0 unspecified atom stereocenters. The van der Waals surface area contributed by atoms with Crippen molar-refractivity contribution in [2.24, 2.45) is 0 Å². The van der Waals surface area contributed by atoms with Gasteiger partial charge in [0.1, 0.15) is 18.0 Å². The number of hydrogen-bond acceptors (Lipinski definition) is 4. The summed E-state index contributed by atoms with van der Waals surface area (Å²) in [5.74, 6) is -0.868. The smallest absolute Gasteiger partial charge is 0.342 e. The second-order valence-electron chi connectivity index (χ2n) is 3.57. The summed E-state index contributed by atoms with van der Waals surface area (Å²) in [6.07, 6.45) is 6.90. The van der Waals surface area contributed by atoms with Gasteiger partial charge in [-0.2, -0.15) is 0 Å². The van der Waals surface area contributed by atoms with Crippen molar-refractivity contribution in [3.8, 4) is 5.88 Å². The van der Waals surface area contributed by atoms with Crippen LogP contribution in [-0.4, -0.2) is 27.1 Å². The lowest BCUT2D eigenvalue weighted by Gasteiger charge is -2.12. The summed E-state index contributed by atoms with van der Waals surface area (Å²) in [6.45, 7) is 0. The summed E-state index contributed by atoms with van der Waals surface area (Å²) in [5.41, 5.74) is 0.0319. The number of nitrogens with zero attached hydrogens (tertiary/aromatic N) is 2. The number of ether oxygens (including phenoxy) is 1. The van der Waals surface area contributed by atoms with E-state index >= 15 is 0 Å². The molecule has 1 saturated carbocycles. The Kier molecular flexibility index (Phi) is 2.80. The van der Waals surface area contributed by atoms with Gasteiger partial charge < -0.3 is 9.84 Å². The molecule has 0 spiro atoms. The second-order valence-corrected chi connectivity index (χ2v) is 3.57. The molecule has 15 heavy (non-hydrogen) atoms. The summed E-state index contributed by atoms with van der Waals surface area (Å²) in [7, 11) is 0. The molecule has 0 amide bonds. The molecule has 1 aliphatic rings. The molecule has 1 heterocycles. The van der Waals surface area contributed by atoms with Crippen LogP contribution >= 0.6 is 0 Å². The topological polar surface area (TPSA) is 72.3 Å². The van der Waals surface area contributed by atoms with Crippen LogP contribution in [0.1, 0.15) is 36.0 Å². The summed E-state index contributed by atoms with van der Waals surface area (Å²) in [6, 6.07) is 0. The van der Waals surface area contributed by atoms with E-state index in [0.717, 1.165) is 25.7 Å². The van der Waals surface area contributed by atoms with E-state index in [1.807, 2.05) is 0 Å². The van der Waals surface area contributed by atoms with E-state index in [0.29, 0.717) is 0 Å². The molecule has 80 valence electrons. The van der Waals surface area contributed by atoms with Crippen LogP contribution in [0.15, 0.2) is 12.5 Å². The first kappa shape index (κ1) is 9.89. The van der Waals surface area contributed by atoms with Crippen LogP contribution in [0.5, 0.6) is 5.88 Å². The fourth-order valence-electron chi connectivity index (χ4n) is 1.72. The first-order valence-electron chi connectivity index (χ1n) is 4.97. The largest absolute Gasteiger partial charge is 0.477 e. The zero-order chi connectivity index (χ0) is 10.7. The Labute approximate surface area is 87.1 Å². The molecule has 1 aromatic heterocycles. The van der Waals surface area contributed by atoms with E-state index in [1.165, 1.54) is 12.5 Å². The molecule has 0 aliphatic heterocycles. The van der Waals surface area contributed by atoms with Crippen molar-refractivity contribution in [3.05, 3.63) is 18.1 Å². The summed E-state index contributed by atoms with van der Waals surface area (Å²) < 4.78 is 5.54. The Balaban J connectivity index is 2.15. The van der Waals surface area contributed by atoms with Gasteiger partial charge in [0.2, 0.25) is 5.88 Å². The average molecular weight is 208 g/mol. The van der Waals surface area contributed by atoms with Gasteiger partial charge in [-0.25, -0.2) is 14.8 Å². The highest BCUT2D eigenvalue weighted by Gasteiger charge is 2.20. The van der Waals surface area contributed by atoms with Gasteiger partial charge >= 0.3 is 5.97 Å². The first-order valence-corrected chi connectivity index (χ1v) is 4.97. The third-order valence-corrected chi connectivity index (χ3v) is 2.49. The van der Waals surface area contributed by atoms with Gasteiger partial charge in [0, 0.05) is 6.20 Å². The zero-order valence-electron chi connectivity index (χ0n) is 8.22. The number of carboxylic acid groups (broad SMARTS) is 1. The number of aromatic carboxylic acids is 1. The van der Waals surface area contributed by atoms with Crippen molar-refractivity contribution < 1.29 is 14.6 Å². The van der Waals surface area contributed by atoms with Crippen molar-refractivity contribution in [3.63, 3.8) is 0 Å². The molecule has 1 N–H and O–H groups in total. The normalized spacial score (nSPS) is 16.5. The highest BCUT2D eigenvalue weighted by atomic mass is 16.5. The highest BCUT2D eigenvalue weighted by molar-refractivity contribution is 5.89. The van der Waals surface area contributed by atoms with Crippen LogP contribution in [0.2, 0.25) is 0 Å². The molecular weight excluding hydrogens is 196 g/mol. The van der Waals surface area contributed by atoms with E-state index in [9.17, 15) is 4.79 Å². The first-order chi connectivity index (χ1) is 7.27. The fourth-order valence-corrected chi connectivity index (χ4v) is 1.72. The predicted molar refractivity (Wildman–Crippen MR) is 51.9 cm³/mol. The molecule has 1 fully saturated rings. The van der Waals surface area contributed by atoms with Gasteiger partial charge in [0.15, 0.2) is 0 Å². The van der Waals surface area contributed by atoms with Gasteiger partial charge in [-0.15, -0.1) is 0 Å². The van der Waals surface area contributed by atoms with E-state index in [-0.39, 0.29) is 17.5 Å². The monoisotopic (exact) mass is 208 g/mol. The van der Waals surface area contributed by atoms with Crippen LogP contribution in [0.4, 0.5) is 0 Å². The Bertz CT molecular complexity index is 361. The van der Waals surface area contributed by atoms with Crippen molar-refractivity contribution in [1.82, 2.24) is 9.97 Å². The third-order valence-electron chi connectivity index (χ3n) is 2.49. The quantitative estimate of drug-likeness (QED) is 0.814. The van der Waals surface area contributed by atoms with Crippen LogP contribution < -0.4 is 4.74 Å². The lowest BCUT2D eigenvalue weighted by Crippen LogP contribution is -2.15. The average Bonchev–Trinajstić information content (AvgIpc) is 2.71. The van der Waals surface area contributed by atoms with Crippen molar-refractivity contribution in [1.29, 1.82) is 0 Å². The number of aromatic nitrogens is 2. The zero-order valence-corrected chi connectivity index (χ0v) is 8.22. The molecule has 2 rings (SSSR count). The minimum atomic E-state index is -1.05. The fraction of sp³-hybridized carbons (Fsp3) is 0.500.